The number of aryl methyl sites for hydroxylation is 1. The Morgan fingerprint density at radius 1 is 1.55 bits per heavy atom. The van der Waals surface area contributed by atoms with Gasteiger partial charge in [-0.15, -0.1) is 36.2 Å². The van der Waals surface area contributed by atoms with Gasteiger partial charge in [-0.2, -0.15) is 0 Å². The van der Waals surface area contributed by atoms with Gasteiger partial charge in [0, 0.05) is 6.54 Å². The molecule has 0 bridgehead atoms. The number of aromatic nitrogens is 1. The molecule has 1 atom stereocenters. The van der Waals surface area contributed by atoms with Gasteiger partial charge in [-0.25, -0.2) is 4.98 Å². The van der Waals surface area contributed by atoms with Gasteiger partial charge in [-0.1, -0.05) is 6.92 Å². The van der Waals surface area contributed by atoms with Gasteiger partial charge < -0.3 is 11.1 Å². The fourth-order valence-corrected chi connectivity index (χ4v) is 3.02. The Kier molecular flexibility index (Phi) is 8.03. The Balaban J connectivity index is 0.00000180. The van der Waals surface area contributed by atoms with E-state index in [1.165, 1.54) is 11.3 Å². The van der Waals surface area contributed by atoms with Crippen molar-refractivity contribution in [3.05, 3.63) is 16.1 Å². The Bertz CT molecular complexity index is 437. The average Bonchev–Trinajstić information content (AvgIpc) is 3.11. The molecule has 116 valence electrons. The monoisotopic (exact) mass is 339 g/mol. The SMILES string of the molecule is CCCc1ncc(C(=O)NC(C)(CN)C2CC2)s1.Cl.Cl. The molecule has 0 spiro atoms. The first kappa shape index (κ1) is 19.6. The third-order valence-corrected chi connectivity index (χ3v) is 4.60. The van der Waals surface area contributed by atoms with Crippen molar-refractivity contribution in [2.45, 2.75) is 45.1 Å². The number of rotatable bonds is 6. The van der Waals surface area contributed by atoms with Gasteiger partial charge in [0.25, 0.3) is 5.91 Å². The lowest BCUT2D eigenvalue weighted by Gasteiger charge is -2.29. The van der Waals surface area contributed by atoms with Gasteiger partial charge in [-0.05, 0) is 38.5 Å². The Morgan fingerprint density at radius 2 is 2.20 bits per heavy atom. The van der Waals surface area contributed by atoms with Crippen LogP contribution in [0.3, 0.4) is 0 Å². The molecule has 1 fully saturated rings. The number of amides is 1. The first-order valence-electron chi connectivity index (χ1n) is 6.56. The van der Waals surface area contributed by atoms with E-state index in [4.69, 9.17) is 5.73 Å². The molecule has 0 radical (unpaired) electrons. The van der Waals surface area contributed by atoms with Crippen LogP contribution in [0.1, 0.15) is 47.8 Å². The smallest absolute Gasteiger partial charge is 0.263 e. The Labute approximate surface area is 136 Å². The predicted molar refractivity (Wildman–Crippen MR) is 88.3 cm³/mol. The molecule has 0 saturated heterocycles. The lowest BCUT2D eigenvalue weighted by Crippen LogP contribution is -2.53. The van der Waals surface area contributed by atoms with Gasteiger partial charge >= 0.3 is 0 Å². The number of hydrogen-bond acceptors (Lipinski definition) is 4. The number of nitrogens with zero attached hydrogens (tertiary/aromatic N) is 1. The summed E-state index contributed by atoms with van der Waals surface area (Å²) in [5, 5.41) is 4.11. The fourth-order valence-electron chi connectivity index (χ4n) is 2.11. The van der Waals surface area contributed by atoms with Gasteiger partial charge in [0.1, 0.15) is 4.88 Å². The number of thiazole rings is 1. The normalized spacial score (nSPS) is 16.6. The van der Waals surface area contributed by atoms with Crippen molar-refractivity contribution in [2.75, 3.05) is 6.54 Å². The summed E-state index contributed by atoms with van der Waals surface area (Å²) in [7, 11) is 0. The minimum Gasteiger partial charge on any atom is -0.345 e. The molecule has 1 aromatic rings. The van der Waals surface area contributed by atoms with Crippen LogP contribution in [0.4, 0.5) is 0 Å². The first-order valence-corrected chi connectivity index (χ1v) is 7.38. The van der Waals surface area contributed by atoms with Gasteiger partial charge in [0.15, 0.2) is 0 Å². The number of nitrogens with one attached hydrogen (secondary N) is 1. The third kappa shape index (κ3) is 4.58. The number of hydrogen-bond donors (Lipinski definition) is 2. The number of halogens is 2. The first-order chi connectivity index (χ1) is 8.59. The zero-order chi connectivity index (χ0) is 13.2. The maximum Gasteiger partial charge on any atom is 0.263 e. The van der Waals surface area contributed by atoms with E-state index < -0.39 is 0 Å². The van der Waals surface area contributed by atoms with Crippen molar-refractivity contribution in [3.8, 4) is 0 Å². The van der Waals surface area contributed by atoms with E-state index in [1.807, 2.05) is 6.92 Å². The fraction of sp³-hybridized carbons (Fsp3) is 0.692. The van der Waals surface area contributed by atoms with E-state index >= 15 is 0 Å². The standard InChI is InChI=1S/C13H21N3OS.2ClH/c1-3-4-11-15-7-10(18-11)12(17)16-13(2,8-14)9-5-6-9;;/h7,9H,3-6,8,14H2,1-2H3,(H,16,17);2*1H. The molecule has 4 nitrogen and oxygen atoms in total. The van der Waals surface area contributed by atoms with E-state index in [0.717, 1.165) is 30.7 Å². The second-order valence-corrected chi connectivity index (χ2v) is 6.33. The quantitative estimate of drug-likeness (QED) is 0.837. The van der Waals surface area contributed by atoms with E-state index in [9.17, 15) is 4.79 Å². The Hall–Kier alpha value is -0.360. The third-order valence-electron chi connectivity index (χ3n) is 3.54. The highest BCUT2D eigenvalue weighted by molar-refractivity contribution is 7.13. The van der Waals surface area contributed by atoms with E-state index in [0.29, 0.717) is 17.3 Å². The lowest BCUT2D eigenvalue weighted by molar-refractivity contribution is 0.0902. The summed E-state index contributed by atoms with van der Waals surface area (Å²) in [6, 6.07) is 0. The van der Waals surface area contributed by atoms with Gasteiger partial charge in [0.2, 0.25) is 0 Å². The highest BCUT2D eigenvalue weighted by Crippen LogP contribution is 2.39. The lowest BCUT2D eigenvalue weighted by atomic mass is 9.96. The summed E-state index contributed by atoms with van der Waals surface area (Å²) < 4.78 is 0. The number of carbonyl (C=O) groups excluding carboxylic acids is 1. The molecular weight excluding hydrogens is 317 g/mol. The zero-order valence-corrected chi connectivity index (χ0v) is 14.3. The topological polar surface area (TPSA) is 68.0 Å². The number of carbonyl (C=O) groups is 1. The largest absolute Gasteiger partial charge is 0.345 e. The minimum atomic E-state index is -0.258. The number of nitrogens with two attached hydrogens (primary N) is 1. The molecule has 1 aliphatic carbocycles. The van der Waals surface area contributed by atoms with Crippen LogP contribution < -0.4 is 11.1 Å². The molecule has 1 amide bonds. The summed E-state index contributed by atoms with van der Waals surface area (Å²) in [5.74, 6) is 0.504. The highest BCUT2D eigenvalue weighted by atomic mass is 35.5. The molecule has 20 heavy (non-hydrogen) atoms. The minimum absolute atomic E-state index is 0. The summed E-state index contributed by atoms with van der Waals surface area (Å²) in [5.41, 5.74) is 5.54. The summed E-state index contributed by atoms with van der Waals surface area (Å²) in [6.45, 7) is 4.64. The average molecular weight is 340 g/mol. The van der Waals surface area contributed by atoms with Crippen LogP contribution in [0.15, 0.2) is 6.20 Å². The van der Waals surface area contributed by atoms with Crippen LogP contribution in [-0.2, 0) is 6.42 Å². The van der Waals surface area contributed by atoms with Crippen LogP contribution in [0.2, 0.25) is 0 Å². The van der Waals surface area contributed by atoms with E-state index in [2.05, 4.69) is 17.2 Å². The highest BCUT2D eigenvalue weighted by Gasteiger charge is 2.41. The molecular formula is C13H23Cl2N3OS. The van der Waals surface area contributed by atoms with Crippen LogP contribution in [0.25, 0.3) is 0 Å². The summed E-state index contributed by atoms with van der Waals surface area (Å²) in [4.78, 5) is 17.1. The molecule has 1 saturated carbocycles. The maximum absolute atomic E-state index is 12.2. The summed E-state index contributed by atoms with van der Waals surface area (Å²) in [6.07, 6.45) is 6.00. The van der Waals surface area contributed by atoms with Crippen LogP contribution in [0, 0.1) is 5.92 Å². The Morgan fingerprint density at radius 3 is 2.70 bits per heavy atom. The molecule has 3 N–H and O–H groups in total. The van der Waals surface area contributed by atoms with Crippen LogP contribution >= 0.6 is 36.2 Å². The van der Waals surface area contributed by atoms with Crippen molar-refractivity contribution in [1.29, 1.82) is 0 Å². The predicted octanol–water partition coefficient (Wildman–Crippen LogP) is 2.80. The molecule has 1 aromatic heterocycles. The van der Waals surface area contributed by atoms with Crippen LogP contribution in [0.5, 0.6) is 0 Å². The van der Waals surface area contributed by atoms with Crippen molar-refractivity contribution in [1.82, 2.24) is 10.3 Å². The van der Waals surface area contributed by atoms with E-state index in [-0.39, 0.29) is 36.3 Å². The van der Waals surface area contributed by atoms with Crippen LogP contribution in [-0.4, -0.2) is 23.0 Å². The second kappa shape index (κ2) is 8.17. The van der Waals surface area contributed by atoms with Crippen molar-refractivity contribution < 1.29 is 4.79 Å². The van der Waals surface area contributed by atoms with Gasteiger partial charge in [-0.3, -0.25) is 4.79 Å². The van der Waals surface area contributed by atoms with Crippen molar-refractivity contribution in [3.63, 3.8) is 0 Å². The molecule has 1 aliphatic rings. The molecule has 2 rings (SSSR count). The molecule has 0 aromatic carbocycles. The summed E-state index contributed by atoms with van der Waals surface area (Å²) >= 11 is 1.48. The molecule has 1 heterocycles. The molecule has 1 unspecified atom stereocenters. The zero-order valence-electron chi connectivity index (χ0n) is 11.8. The van der Waals surface area contributed by atoms with E-state index in [1.54, 1.807) is 6.20 Å². The van der Waals surface area contributed by atoms with Crippen molar-refractivity contribution in [2.24, 2.45) is 11.7 Å². The molecule has 7 heteroatoms. The van der Waals surface area contributed by atoms with Gasteiger partial charge in [0.05, 0.1) is 16.7 Å². The second-order valence-electron chi connectivity index (χ2n) is 5.22. The van der Waals surface area contributed by atoms with Crippen molar-refractivity contribution >= 4 is 42.1 Å². The molecule has 0 aliphatic heterocycles. The maximum atomic E-state index is 12.2.